The zero-order chi connectivity index (χ0) is 32.8. The molecule has 0 spiro atoms. The van der Waals surface area contributed by atoms with Crippen LogP contribution in [0, 0.1) is 0 Å². The Balaban J connectivity index is 0.00000768. The Morgan fingerprint density at radius 2 is 1.45 bits per heavy atom. The minimum absolute atomic E-state index is 0. The van der Waals surface area contributed by atoms with Crippen molar-refractivity contribution in [2.24, 2.45) is 0 Å². The number of fused-ring (bicyclic) bond motifs is 1. The van der Waals surface area contributed by atoms with Crippen LogP contribution in [0.2, 0.25) is 0 Å². The fourth-order valence-corrected chi connectivity index (χ4v) is 7.46. The number of halogens is 1. The zero-order valence-corrected chi connectivity index (χ0v) is 32.0. The molecule has 1 aliphatic heterocycles. The summed E-state index contributed by atoms with van der Waals surface area (Å²) in [4.78, 5) is 12.3. The maximum Gasteiger partial charge on any atom is 0.407 e. The number of para-hydroxylation sites is 1. The van der Waals surface area contributed by atoms with Gasteiger partial charge in [-0.15, -0.1) is 0 Å². The lowest BCUT2D eigenvalue weighted by Gasteiger charge is -2.28. The van der Waals surface area contributed by atoms with Crippen molar-refractivity contribution in [3.8, 4) is 0 Å². The molecule has 3 rings (SSSR count). The van der Waals surface area contributed by atoms with Gasteiger partial charge in [-0.2, -0.15) is 4.57 Å². The highest BCUT2D eigenvalue weighted by Crippen LogP contribution is 2.26. The van der Waals surface area contributed by atoms with Crippen LogP contribution in [-0.2, 0) is 26.0 Å². The predicted molar refractivity (Wildman–Crippen MR) is 187 cm³/mol. The topological polar surface area (TPSA) is 97.6 Å². The summed E-state index contributed by atoms with van der Waals surface area (Å²) in [5, 5.41) is 3.97. The molecule has 2 heterocycles. The number of alkyl carbamates (subject to hydrolysis) is 1. The number of carbonyl (C=O) groups excluding carboxylic acids is 1. The third-order valence-electron chi connectivity index (χ3n) is 9.17. The first-order valence-corrected chi connectivity index (χ1v) is 20.0. The van der Waals surface area contributed by atoms with E-state index in [1.54, 1.807) is 0 Å². The van der Waals surface area contributed by atoms with Gasteiger partial charge in [-0.05, 0) is 31.4 Å². The Bertz CT molecular complexity index is 1220. The molecule has 47 heavy (non-hydrogen) atoms. The maximum atomic E-state index is 12.8. The highest BCUT2D eigenvalue weighted by molar-refractivity contribution is 7.89. The highest BCUT2D eigenvalue weighted by Gasteiger charge is 2.38. The summed E-state index contributed by atoms with van der Waals surface area (Å²) in [6.45, 7) is 4.13. The molecule has 1 aliphatic rings. The number of aromatic nitrogens is 1. The number of sulfonamides is 1. The van der Waals surface area contributed by atoms with Gasteiger partial charge >= 0.3 is 6.09 Å². The molecule has 268 valence electrons. The number of rotatable bonds is 26. The van der Waals surface area contributed by atoms with Gasteiger partial charge in [-0.25, -0.2) is 17.9 Å². The predicted octanol–water partition coefficient (Wildman–Crippen LogP) is 4.98. The number of carbonyl (C=O) groups is 1. The first-order chi connectivity index (χ1) is 22.4. The molecule has 0 saturated carbocycles. The van der Waals surface area contributed by atoms with E-state index in [2.05, 4.69) is 33.7 Å². The molecule has 2 N–H and O–H groups in total. The molecule has 1 aromatic heterocycles. The Kier molecular flexibility index (Phi) is 21.8. The Hall–Kier alpha value is -1.50. The van der Waals surface area contributed by atoms with E-state index in [0.29, 0.717) is 32.5 Å². The summed E-state index contributed by atoms with van der Waals surface area (Å²) < 4.78 is 41.8. The SMILES string of the molecule is CCCCCCCCCCCCCCCCCCNC(=O)OCC1(CNS(=O)(=O)CCC[n+]2cccc3ccccc32)CCCO1.[I-]. The Morgan fingerprint density at radius 3 is 2.06 bits per heavy atom. The third kappa shape index (κ3) is 17.6. The summed E-state index contributed by atoms with van der Waals surface area (Å²) in [7, 11) is -3.51. The first-order valence-electron chi connectivity index (χ1n) is 18.3. The molecule has 1 amide bonds. The number of hydrogen-bond donors (Lipinski definition) is 2. The van der Waals surface area contributed by atoms with Gasteiger partial charge in [-0.1, -0.05) is 115 Å². The van der Waals surface area contributed by atoms with Crippen molar-refractivity contribution in [2.45, 2.75) is 141 Å². The first kappa shape index (κ1) is 41.7. The molecule has 0 radical (unpaired) electrons. The van der Waals surface area contributed by atoms with Crippen LogP contribution in [0.25, 0.3) is 10.9 Å². The molecule has 0 bridgehead atoms. The lowest BCUT2D eigenvalue weighted by Crippen LogP contribution is -3.00. The summed E-state index contributed by atoms with van der Waals surface area (Å²) >= 11 is 0. The molecule has 1 aromatic carbocycles. The van der Waals surface area contributed by atoms with Gasteiger partial charge in [0.05, 0.1) is 5.75 Å². The number of aryl methyl sites for hydroxylation is 1. The van der Waals surface area contributed by atoms with Crippen LogP contribution in [0.15, 0.2) is 42.6 Å². The van der Waals surface area contributed by atoms with Crippen molar-refractivity contribution in [1.82, 2.24) is 10.0 Å². The average molecular weight is 788 g/mol. The summed E-state index contributed by atoms with van der Waals surface area (Å²) in [5.74, 6) is 0.0138. The van der Waals surface area contributed by atoms with E-state index < -0.39 is 21.7 Å². The van der Waals surface area contributed by atoms with Crippen LogP contribution in [-0.4, -0.2) is 52.2 Å². The molecule has 0 aliphatic carbocycles. The lowest BCUT2D eigenvalue weighted by molar-refractivity contribution is -0.671. The number of unbranched alkanes of at least 4 members (excludes halogenated alkanes) is 15. The largest absolute Gasteiger partial charge is 1.00 e. The molecule has 1 atom stereocenters. The smallest absolute Gasteiger partial charge is 0.407 e. The van der Waals surface area contributed by atoms with Gasteiger partial charge in [-0.3, -0.25) is 0 Å². The monoisotopic (exact) mass is 787 g/mol. The number of nitrogens with one attached hydrogen (secondary N) is 2. The van der Waals surface area contributed by atoms with Crippen molar-refractivity contribution in [1.29, 1.82) is 0 Å². The molecule has 1 saturated heterocycles. The van der Waals surface area contributed by atoms with E-state index in [4.69, 9.17) is 9.47 Å². The van der Waals surface area contributed by atoms with Gasteiger partial charge in [0.25, 0.3) is 0 Å². The standard InChI is InChI=1S/C37H61N3O5S.HI/c1-2-3-4-5-6-7-8-9-10-11-12-13-14-15-16-19-27-38-36(41)44-33-37(26-21-30-45-37)32-39-46(42,43)31-22-29-40-28-20-24-34-23-17-18-25-35(34)40;/h17-18,20,23-25,28,39H,2-16,19,21-22,26-27,29-33H2,1H3;1H. The van der Waals surface area contributed by atoms with Crippen molar-refractivity contribution >= 4 is 27.0 Å². The van der Waals surface area contributed by atoms with Crippen molar-refractivity contribution in [3.05, 3.63) is 42.6 Å². The Morgan fingerprint density at radius 1 is 0.851 bits per heavy atom. The van der Waals surface area contributed by atoms with Gasteiger partial charge in [0, 0.05) is 43.6 Å². The van der Waals surface area contributed by atoms with Crippen LogP contribution in [0.4, 0.5) is 4.79 Å². The number of pyridine rings is 1. The summed E-state index contributed by atoms with van der Waals surface area (Å²) in [6.07, 6.45) is 24.5. The molecular weight excluding hydrogens is 725 g/mol. The molecule has 10 heteroatoms. The second-order valence-corrected chi connectivity index (χ2v) is 15.1. The lowest BCUT2D eigenvalue weighted by atomic mass is 10.0. The number of hydrogen-bond acceptors (Lipinski definition) is 5. The molecule has 1 unspecified atom stereocenters. The van der Waals surface area contributed by atoms with Crippen LogP contribution in [0.1, 0.15) is 129 Å². The van der Waals surface area contributed by atoms with Crippen molar-refractivity contribution < 1.29 is 51.2 Å². The molecule has 2 aromatic rings. The fraction of sp³-hybridized carbons (Fsp3) is 0.730. The van der Waals surface area contributed by atoms with Crippen molar-refractivity contribution in [3.63, 3.8) is 0 Å². The summed E-state index contributed by atoms with van der Waals surface area (Å²) in [5.41, 5.74) is 0.266. The zero-order valence-electron chi connectivity index (χ0n) is 29.0. The number of amides is 1. The number of ether oxygens (including phenoxy) is 2. The van der Waals surface area contributed by atoms with Crippen LogP contribution >= 0.6 is 0 Å². The fourth-order valence-electron chi connectivity index (χ4n) is 6.33. The Labute approximate surface area is 302 Å². The number of nitrogens with zero attached hydrogens (tertiary/aromatic N) is 1. The van der Waals surface area contributed by atoms with Gasteiger partial charge in [0.15, 0.2) is 6.20 Å². The van der Waals surface area contributed by atoms with E-state index in [1.165, 1.54) is 89.9 Å². The minimum atomic E-state index is -3.51. The van der Waals surface area contributed by atoms with E-state index in [9.17, 15) is 13.2 Å². The van der Waals surface area contributed by atoms with Crippen LogP contribution < -0.4 is 38.6 Å². The second kappa shape index (κ2) is 24.6. The minimum Gasteiger partial charge on any atom is -1.00 e. The van der Waals surface area contributed by atoms with Crippen LogP contribution in [0.5, 0.6) is 0 Å². The van der Waals surface area contributed by atoms with E-state index in [-0.39, 0.29) is 42.9 Å². The van der Waals surface area contributed by atoms with Gasteiger partial charge < -0.3 is 38.8 Å². The molecule has 1 fully saturated rings. The number of benzene rings is 1. The van der Waals surface area contributed by atoms with Gasteiger partial charge in [0.2, 0.25) is 15.5 Å². The van der Waals surface area contributed by atoms with E-state index >= 15 is 0 Å². The van der Waals surface area contributed by atoms with E-state index in [0.717, 1.165) is 30.2 Å². The van der Waals surface area contributed by atoms with E-state index in [1.807, 2.05) is 30.5 Å². The second-order valence-electron chi connectivity index (χ2n) is 13.2. The van der Waals surface area contributed by atoms with Gasteiger partial charge in [0.1, 0.15) is 18.8 Å². The van der Waals surface area contributed by atoms with Crippen molar-refractivity contribution in [2.75, 3.05) is 32.1 Å². The molecule has 8 nitrogen and oxygen atoms in total. The van der Waals surface area contributed by atoms with Crippen LogP contribution in [0.3, 0.4) is 0 Å². The normalized spacial score (nSPS) is 16.3. The summed E-state index contributed by atoms with van der Waals surface area (Å²) in [6, 6.07) is 12.1. The average Bonchev–Trinajstić information content (AvgIpc) is 3.54. The quantitative estimate of drug-likeness (QED) is 0.0798. The highest BCUT2D eigenvalue weighted by atomic mass is 127. The molecular formula is C37H62IN3O5S. The third-order valence-corrected chi connectivity index (χ3v) is 10.6. The maximum absolute atomic E-state index is 12.8.